The first-order chi connectivity index (χ1) is 8.95. The Hall–Kier alpha value is -2.48. The average molecular weight is 281 g/mol. The maximum Gasteiger partial charge on any atom is 0.270 e. The number of nitro benzene ring substituents is 1. The number of aldehydes is 1. The molecule has 0 spiro atoms. The Morgan fingerprint density at radius 3 is 2.53 bits per heavy atom. The minimum atomic E-state index is -4.01. The predicted molar refractivity (Wildman–Crippen MR) is 62.6 cm³/mol. The van der Waals surface area contributed by atoms with Gasteiger partial charge >= 0.3 is 0 Å². The van der Waals surface area contributed by atoms with E-state index in [2.05, 4.69) is 0 Å². The molecule has 7 nitrogen and oxygen atoms in total. The van der Waals surface area contributed by atoms with Crippen LogP contribution in [0.5, 0.6) is 0 Å². The van der Waals surface area contributed by atoms with Crippen LogP contribution in [0, 0.1) is 10.1 Å². The predicted octanol–water partition coefficient (Wildman–Crippen LogP) is 1.83. The van der Waals surface area contributed by atoms with Crippen LogP contribution in [-0.4, -0.2) is 19.6 Å². The number of furan rings is 1. The summed E-state index contributed by atoms with van der Waals surface area (Å²) in [6, 6.07) is 6.91. The van der Waals surface area contributed by atoms with Gasteiger partial charge in [-0.3, -0.25) is 14.9 Å². The molecule has 19 heavy (non-hydrogen) atoms. The summed E-state index contributed by atoms with van der Waals surface area (Å²) in [5, 5.41) is 10.2. The van der Waals surface area contributed by atoms with Gasteiger partial charge in [-0.1, -0.05) is 6.07 Å². The van der Waals surface area contributed by atoms with Crippen molar-refractivity contribution in [1.29, 1.82) is 0 Å². The number of nitro groups is 1. The molecule has 2 rings (SSSR count). The first-order valence-corrected chi connectivity index (χ1v) is 6.48. The SMILES string of the molecule is O=Cc1ccc(S(=O)(=O)c2cccc([N+](=O)[O-])c2)o1. The Bertz CT molecular complexity index is 746. The summed E-state index contributed by atoms with van der Waals surface area (Å²) in [6.45, 7) is 0. The van der Waals surface area contributed by atoms with Crippen LogP contribution in [0.15, 0.2) is 50.8 Å². The second-order valence-electron chi connectivity index (χ2n) is 3.53. The van der Waals surface area contributed by atoms with Gasteiger partial charge in [-0.15, -0.1) is 0 Å². The van der Waals surface area contributed by atoms with E-state index in [0.717, 1.165) is 12.1 Å². The van der Waals surface area contributed by atoms with Crippen LogP contribution in [0.25, 0.3) is 0 Å². The van der Waals surface area contributed by atoms with Crippen molar-refractivity contribution in [2.45, 2.75) is 9.99 Å². The third-order valence-corrected chi connectivity index (χ3v) is 3.95. The Kier molecular flexibility index (Phi) is 3.17. The first kappa shape index (κ1) is 13.0. The van der Waals surface area contributed by atoms with E-state index in [0.29, 0.717) is 6.29 Å². The van der Waals surface area contributed by atoms with Gasteiger partial charge in [0.2, 0.25) is 14.9 Å². The number of sulfone groups is 1. The largest absolute Gasteiger partial charge is 0.442 e. The number of benzene rings is 1. The normalized spacial score (nSPS) is 11.2. The molecule has 98 valence electrons. The van der Waals surface area contributed by atoms with E-state index >= 15 is 0 Å². The average Bonchev–Trinajstić information content (AvgIpc) is 2.88. The number of hydrogen-bond acceptors (Lipinski definition) is 6. The minimum Gasteiger partial charge on any atom is -0.442 e. The van der Waals surface area contributed by atoms with Gasteiger partial charge < -0.3 is 4.42 Å². The summed E-state index contributed by atoms with van der Waals surface area (Å²) in [4.78, 5) is 20.1. The fourth-order valence-electron chi connectivity index (χ4n) is 1.42. The first-order valence-electron chi connectivity index (χ1n) is 5.00. The van der Waals surface area contributed by atoms with Crippen LogP contribution >= 0.6 is 0 Å². The summed E-state index contributed by atoms with van der Waals surface area (Å²) in [6.07, 6.45) is 0.368. The number of carbonyl (C=O) groups is 1. The molecule has 2 aromatic rings. The Morgan fingerprint density at radius 2 is 1.95 bits per heavy atom. The van der Waals surface area contributed by atoms with Crippen LogP contribution in [0.2, 0.25) is 0 Å². The highest BCUT2D eigenvalue weighted by Crippen LogP contribution is 2.25. The number of non-ortho nitro benzene ring substituents is 1. The van der Waals surface area contributed by atoms with Crippen LogP contribution < -0.4 is 0 Å². The highest BCUT2D eigenvalue weighted by Gasteiger charge is 2.23. The third-order valence-electron chi connectivity index (χ3n) is 2.32. The summed E-state index contributed by atoms with van der Waals surface area (Å²) in [7, 11) is -4.01. The molecule has 0 saturated heterocycles. The lowest BCUT2D eigenvalue weighted by atomic mass is 10.3. The van der Waals surface area contributed by atoms with Gasteiger partial charge in [-0.25, -0.2) is 8.42 Å². The van der Waals surface area contributed by atoms with E-state index in [1.165, 1.54) is 24.3 Å². The molecular weight excluding hydrogens is 274 g/mol. The standard InChI is InChI=1S/C11H7NO6S/c13-7-9-4-5-11(18-9)19(16,17)10-3-1-2-8(6-10)12(14)15/h1-7H. The second kappa shape index (κ2) is 4.65. The number of carbonyl (C=O) groups excluding carboxylic acids is 1. The van der Waals surface area contributed by atoms with Gasteiger partial charge in [0.15, 0.2) is 12.0 Å². The number of hydrogen-bond donors (Lipinski definition) is 0. The molecule has 8 heteroatoms. The van der Waals surface area contributed by atoms with Gasteiger partial charge in [0.25, 0.3) is 5.69 Å². The smallest absolute Gasteiger partial charge is 0.270 e. The topological polar surface area (TPSA) is 107 Å². The molecule has 0 bridgehead atoms. The zero-order valence-electron chi connectivity index (χ0n) is 9.35. The number of rotatable bonds is 4. The van der Waals surface area contributed by atoms with Crippen molar-refractivity contribution in [3.05, 3.63) is 52.3 Å². The molecule has 0 radical (unpaired) electrons. The lowest BCUT2D eigenvalue weighted by molar-refractivity contribution is -0.385. The molecular formula is C11H7NO6S. The van der Waals surface area contributed by atoms with Crippen LogP contribution in [-0.2, 0) is 9.84 Å². The summed E-state index contributed by atoms with van der Waals surface area (Å²) in [5.74, 6) is -0.135. The molecule has 0 aliphatic heterocycles. The molecule has 1 aromatic carbocycles. The maximum atomic E-state index is 12.1. The van der Waals surface area contributed by atoms with Crippen molar-refractivity contribution in [3.63, 3.8) is 0 Å². The minimum absolute atomic E-state index is 0.135. The zero-order valence-corrected chi connectivity index (χ0v) is 10.2. The highest BCUT2D eigenvalue weighted by atomic mass is 32.2. The molecule has 1 heterocycles. The van der Waals surface area contributed by atoms with Crippen molar-refractivity contribution in [2.75, 3.05) is 0 Å². The Balaban J connectivity index is 2.53. The lowest BCUT2D eigenvalue weighted by Crippen LogP contribution is -2.01. The van der Waals surface area contributed by atoms with Crippen molar-refractivity contribution >= 4 is 21.8 Å². The van der Waals surface area contributed by atoms with E-state index in [1.807, 2.05) is 0 Å². The molecule has 0 unspecified atom stereocenters. The van der Waals surface area contributed by atoms with Crippen LogP contribution in [0.1, 0.15) is 10.6 Å². The van der Waals surface area contributed by atoms with Gasteiger partial charge in [0.1, 0.15) is 0 Å². The third kappa shape index (κ3) is 2.38. The monoisotopic (exact) mass is 281 g/mol. The fourth-order valence-corrected chi connectivity index (χ4v) is 2.64. The molecule has 0 aliphatic carbocycles. The van der Waals surface area contributed by atoms with E-state index in [-0.39, 0.29) is 16.3 Å². The fraction of sp³-hybridized carbons (Fsp3) is 0. The van der Waals surface area contributed by atoms with Crippen molar-refractivity contribution < 1.29 is 22.6 Å². The van der Waals surface area contributed by atoms with E-state index in [4.69, 9.17) is 4.42 Å². The summed E-state index contributed by atoms with van der Waals surface area (Å²) >= 11 is 0. The highest BCUT2D eigenvalue weighted by molar-refractivity contribution is 7.91. The molecule has 1 aromatic heterocycles. The molecule has 0 N–H and O–H groups in total. The van der Waals surface area contributed by atoms with Gasteiger partial charge in [0, 0.05) is 12.1 Å². The molecule has 0 amide bonds. The molecule has 0 atom stereocenters. The Labute approximate surface area is 107 Å². The van der Waals surface area contributed by atoms with Crippen LogP contribution in [0.3, 0.4) is 0 Å². The van der Waals surface area contributed by atoms with E-state index < -0.39 is 19.9 Å². The molecule has 0 saturated carbocycles. The van der Waals surface area contributed by atoms with E-state index in [9.17, 15) is 23.3 Å². The summed E-state index contributed by atoms with van der Waals surface area (Å²) < 4.78 is 29.0. The lowest BCUT2D eigenvalue weighted by Gasteiger charge is -2.00. The van der Waals surface area contributed by atoms with E-state index in [1.54, 1.807) is 0 Å². The second-order valence-corrected chi connectivity index (χ2v) is 5.41. The number of nitrogens with zero attached hydrogens (tertiary/aromatic N) is 1. The van der Waals surface area contributed by atoms with Crippen LogP contribution in [0.4, 0.5) is 5.69 Å². The summed E-state index contributed by atoms with van der Waals surface area (Å²) in [5.41, 5.74) is -0.344. The molecule has 0 aliphatic rings. The molecule has 0 fully saturated rings. The van der Waals surface area contributed by atoms with Gasteiger partial charge in [0.05, 0.1) is 9.82 Å². The van der Waals surface area contributed by atoms with Crippen molar-refractivity contribution in [2.24, 2.45) is 0 Å². The zero-order chi connectivity index (χ0) is 14.0. The van der Waals surface area contributed by atoms with Crippen molar-refractivity contribution in [1.82, 2.24) is 0 Å². The van der Waals surface area contributed by atoms with Crippen molar-refractivity contribution in [3.8, 4) is 0 Å². The quantitative estimate of drug-likeness (QED) is 0.480. The van der Waals surface area contributed by atoms with Gasteiger partial charge in [-0.2, -0.15) is 0 Å². The Morgan fingerprint density at radius 1 is 1.21 bits per heavy atom. The maximum absolute atomic E-state index is 12.1. The van der Waals surface area contributed by atoms with Gasteiger partial charge in [-0.05, 0) is 18.2 Å².